The molecule has 132 valence electrons. The molecule has 0 aromatic rings. The summed E-state index contributed by atoms with van der Waals surface area (Å²) in [5.41, 5.74) is 2.90. The summed E-state index contributed by atoms with van der Waals surface area (Å²) < 4.78 is 5.63. The van der Waals surface area contributed by atoms with Gasteiger partial charge in [0.15, 0.2) is 5.78 Å². The first-order chi connectivity index (χ1) is 12.2. The highest BCUT2D eigenvalue weighted by Gasteiger charge is 2.78. The van der Waals surface area contributed by atoms with Crippen molar-refractivity contribution in [3.8, 4) is 0 Å². The average molecular weight is 338 g/mol. The van der Waals surface area contributed by atoms with Crippen LogP contribution in [0.3, 0.4) is 0 Å². The van der Waals surface area contributed by atoms with Crippen LogP contribution in [0, 0.1) is 65.1 Å². The number of Topliss-reactive ketones (excluding diaryl/α,β-unsaturated/α-hetero) is 1. The molecule has 0 N–H and O–H groups in total. The number of rotatable bonds is 2. The largest absolute Gasteiger partial charge is 0.466 e. The van der Waals surface area contributed by atoms with Crippen LogP contribution in [0.1, 0.15) is 39.0 Å². The molecule has 0 bridgehead atoms. The van der Waals surface area contributed by atoms with Crippen molar-refractivity contribution in [1.29, 1.82) is 0 Å². The molecule has 0 spiro atoms. The first-order valence-corrected chi connectivity index (χ1v) is 10.6. The van der Waals surface area contributed by atoms with Crippen molar-refractivity contribution in [3.05, 3.63) is 11.1 Å². The van der Waals surface area contributed by atoms with Gasteiger partial charge in [-0.2, -0.15) is 0 Å². The molecule has 0 aromatic carbocycles. The maximum absolute atomic E-state index is 13.3. The predicted molar refractivity (Wildman–Crippen MR) is 90.1 cm³/mol. The van der Waals surface area contributed by atoms with Crippen LogP contribution < -0.4 is 0 Å². The van der Waals surface area contributed by atoms with E-state index in [2.05, 4.69) is 0 Å². The zero-order valence-electron chi connectivity index (χ0n) is 14.8. The zero-order valence-corrected chi connectivity index (χ0v) is 14.8. The number of fused-ring (bicyclic) bond motifs is 5. The molecule has 0 aromatic heterocycles. The third kappa shape index (κ3) is 1.32. The molecule has 0 heterocycles. The quantitative estimate of drug-likeness (QED) is 0.726. The van der Waals surface area contributed by atoms with Crippen molar-refractivity contribution in [2.24, 2.45) is 65.1 Å². The highest BCUT2D eigenvalue weighted by molar-refractivity contribution is 6.03. The Labute approximate surface area is 148 Å². The number of esters is 1. The molecule has 7 aliphatic rings. The molecule has 0 aliphatic heterocycles. The lowest BCUT2D eigenvalue weighted by atomic mass is 9.75. The molecule has 3 nitrogen and oxygen atoms in total. The Morgan fingerprint density at radius 1 is 1.00 bits per heavy atom. The van der Waals surface area contributed by atoms with Crippen molar-refractivity contribution < 1.29 is 14.3 Å². The second kappa shape index (κ2) is 4.23. The fourth-order valence-corrected chi connectivity index (χ4v) is 10.1. The van der Waals surface area contributed by atoms with E-state index in [0.29, 0.717) is 47.9 Å². The van der Waals surface area contributed by atoms with Gasteiger partial charge in [-0.25, -0.2) is 0 Å². The maximum atomic E-state index is 13.3. The Morgan fingerprint density at radius 3 is 2.60 bits per heavy atom. The van der Waals surface area contributed by atoms with Crippen molar-refractivity contribution >= 4 is 11.8 Å². The normalized spacial score (nSPS) is 58.4. The average Bonchev–Trinajstić information content (AvgIpc) is 3.33. The second-order valence-electron chi connectivity index (χ2n) is 10.1. The van der Waals surface area contributed by atoms with Crippen LogP contribution in [-0.2, 0) is 14.3 Å². The number of hydrogen-bond donors (Lipinski definition) is 0. The van der Waals surface area contributed by atoms with Gasteiger partial charge in [-0.3, -0.25) is 9.59 Å². The molecule has 7 rings (SSSR count). The van der Waals surface area contributed by atoms with Crippen LogP contribution in [0.5, 0.6) is 0 Å². The SMILES string of the molecule is CC(=O)OC[C@H]1C2C3CCC4=C3C3C(C4=O)C4C5CCCC5C1C4C32. The maximum Gasteiger partial charge on any atom is 0.302 e. The monoisotopic (exact) mass is 338 g/mol. The van der Waals surface area contributed by atoms with Crippen molar-refractivity contribution in [3.63, 3.8) is 0 Å². The number of hydrogen-bond acceptors (Lipinski definition) is 3. The summed E-state index contributed by atoms with van der Waals surface area (Å²) in [4.78, 5) is 24.8. The Bertz CT molecular complexity index is 750. The van der Waals surface area contributed by atoms with Gasteiger partial charge in [-0.1, -0.05) is 12.0 Å². The molecular weight excluding hydrogens is 312 g/mol. The number of ketones is 1. The van der Waals surface area contributed by atoms with Gasteiger partial charge in [-0.15, -0.1) is 0 Å². The van der Waals surface area contributed by atoms with E-state index in [1.807, 2.05) is 0 Å². The highest BCUT2D eigenvalue weighted by atomic mass is 16.5. The first kappa shape index (κ1) is 14.0. The summed E-state index contributed by atoms with van der Waals surface area (Å²) >= 11 is 0. The topological polar surface area (TPSA) is 43.4 Å². The molecular formula is C22H26O3. The minimum Gasteiger partial charge on any atom is -0.466 e. The third-order valence-corrected chi connectivity index (χ3v) is 9.95. The molecule has 11 atom stereocenters. The zero-order chi connectivity index (χ0) is 16.6. The number of ether oxygens (including phenoxy) is 1. The van der Waals surface area contributed by atoms with Gasteiger partial charge in [0.2, 0.25) is 0 Å². The van der Waals surface area contributed by atoms with Crippen LogP contribution in [-0.4, -0.2) is 18.4 Å². The molecule has 0 saturated heterocycles. The van der Waals surface area contributed by atoms with Gasteiger partial charge in [0.1, 0.15) is 0 Å². The summed E-state index contributed by atoms with van der Waals surface area (Å²) in [5.74, 6) is 7.98. The van der Waals surface area contributed by atoms with Gasteiger partial charge in [0.25, 0.3) is 0 Å². The lowest BCUT2D eigenvalue weighted by Crippen LogP contribution is -2.30. The molecule has 25 heavy (non-hydrogen) atoms. The highest BCUT2D eigenvalue weighted by Crippen LogP contribution is 2.81. The van der Waals surface area contributed by atoms with Crippen LogP contribution >= 0.6 is 0 Å². The summed E-state index contributed by atoms with van der Waals surface area (Å²) in [6.07, 6.45) is 6.32. The Kier molecular flexibility index (Phi) is 2.37. The summed E-state index contributed by atoms with van der Waals surface area (Å²) in [6, 6.07) is 0. The molecule has 10 unspecified atom stereocenters. The van der Waals surface area contributed by atoms with E-state index in [-0.39, 0.29) is 5.97 Å². The van der Waals surface area contributed by atoms with Crippen LogP contribution in [0.15, 0.2) is 11.1 Å². The molecule has 0 amide bonds. The van der Waals surface area contributed by atoms with Crippen LogP contribution in [0.25, 0.3) is 0 Å². The first-order valence-electron chi connectivity index (χ1n) is 10.6. The van der Waals surface area contributed by atoms with Gasteiger partial charge in [0, 0.05) is 18.8 Å². The standard InChI is InChI=1S/C22H26O3/c1-8(23)25-7-13-14-9-3-2-4-10(9)17-18(14)19-16(13)11-5-6-12-15(11)20(19)21(17)22(12)24/h9-11,13-14,16-21H,2-7H2,1H3/t9?,10?,11?,13-,14?,16?,17?,18?,19?,20?,21?/m1/s1. The summed E-state index contributed by atoms with van der Waals surface area (Å²) in [5, 5.41) is 0. The minimum absolute atomic E-state index is 0.118. The van der Waals surface area contributed by atoms with Crippen molar-refractivity contribution in [2.75, 3.05) is 6.61 Å². The summed E-state index contributed by atoms with van der Waals surface area (Å²) in [7, 11) is 0. The smallest absolute Gasteiger partial charge is 0.302 e. The van der Waals surface area contributed by atoms with Crippen LogP contribution in [0.4, 0.5) is 0 Å². The van der Waals surface area contributed by atoms with Gasteiger partial charge < -0.3 is 4.74 Å². The summed E-state index contributed by atoms with van der Waals surface area (Å²) in [6.45, 7) is 2.21. The fourth-order valence-electron chi connectivity index (χ4n) is 10.1. The van der Waals surface area contributed by atoms with Gasteiger partial charge in [0.05, 0.1) is 6.61 Å². The van der Waals surface area contributed by atoms with E-state index >= 15 is 0 Å². The Balaban J connectivity index is 1.40. The second-order valence-corrected chi connectivity index (χ2v) is 10.1. The fraction of sp³-hybridized carbons (Fsp3) is 0.818. The van der Waals surface area contributed by atoms with Crippen LogP contribution in [0.2, 0.25) is 0 Å². The number of carbonyl (C=O) groups is 2. The van der Waals surface area contributed by atoms with Crippen molar-refractivity contribution in [2.45, 2.75) is 39.0 Å². The van der Waals surface area contributed by atoms with Gasteiger partial charge >= 0.3 is 5.97 Å². The number of carbonyl (C=O) groups excluding carboxylic acids is 2. The Morgan fingerprint density at radius 2 is 1.80 bits per heavy atom. The minimum atomic E-state index is -0.118. The van der Waals surface area contributed by atoms with E-state index in [9.17, 15) is 9.59 Å². The lowest BCUT2D eigenvalue weighted by molar-refractivity contribution is -0.143. The van der Waals surface area contributed by atoms with E-state index in [1.54, 1.807) is 12.5 Å². The molecule has 0 radical (unpaired) electrons. The number of allylic oxidation sites excluding steroid dienone is 2. The molecule has 5 fully saturated rings. The molecule has 5 saturated carbocycles. The van der Waals surface area contributed by atoms with Gasteiger partial charge in [-0.05, 0) is 84.5 Å². The van der Waals surface area contributed by atoms with E-state index in [4.69, 9.17) is 4.74 Å². The molecule has 7 aliphatic carbocycles. The third-order valence-electron chi connectivity index (χ3n) is 9.95. The predicted octanol–water partition coefficient (Wildman–Crippen LogP) is 3.24. The van der Waals surface area contributed by atoms with E-state index in [1.165, 1.54) is 31.3 Å². The lowest BCUT2D eigenvalue weighted by Gasteiger charge is -2.31. The molecule has 3 heteroatoms. The Hall–Kier alpha value is -1.12. The van der Waals surface area contributed by atoms with Crippen molar-refractivity contribution in [1.82, 2.24) is 0 Å². The van der Waals surface area contributed by atoms with E-state index in [0.717, 1.165) is 36.0 Å². The van der Waals surface area contributed by atoms with E-state index < -0.39 is 0 Å².